The van der Waals surface area contributed by atoms with Crippen molar-refractivity contribution in [2.75, 3.05) is 19.6 Å². The third-order valence-corrected chi connectivity index (χ3v) is 3.89. The Morgan fingerprint density at radius 2 is 1.90 bits per heavy atom. The Balaban J connectivity index is 2.68. The molecule has 0 aliphatic carbocycles. The molecule has 1 saturated heterocycles. The molecule has 1 heterocycles. The van der Waals surface area contributed by atoms with Gasteiger partial charge in [0.05, 0.1) is 6.10 Å². The molecule has 4 nitrogen and oxygen atoms in total. The van der Waals surface area contributed by atoms with Gasteiger partial charge >= 0.3 is 0 Å². The summed E-state index contributed by atoms with van der Waals surface area (Å²) in [6.07, 6.45) is 0.576. The molecule has 0 saturated carbocycles. The molecule has 2 N–H and O–H groups in total. The molecule has 1 amide bonds. The van der Waals surface area contributed by atoms with Gasteiger partial charge in [-0.3, -0.25) is 4.79 Å². The van der Waals surface area contributed by atoms with Crippen LogP contribution in [0.25, 0.3) is 0 Å². The zero-order valence-corrected chi connectivity index (χ0v) is 13.9. The fourth-order valence-electron chi connectivity index (χ4n) is 2.63. The molecule has 0 aromatic rings. The van der Waals surface area contributed by atoms with Gasteiger partial charge in [-0.25, -0.2) is 0 Å². The zero-order valence-electron chi connectivity index (χ0n) is 13.9. The van der Waals surface area contributed by atoms with Gasteiger partial charge < -0.3 is 15.3 Å². The van der Waals surface area contributed by atoms with Crippen molar-refractivity contribution in [3.05, 3.63) is 0 Å². The number of likely N-dealkylation sites (tertiary alicyclic amines) is 1. The highest BCUT2D eigenvalue weighted by atomic mass is 16.3. The summed E-state index contributed by atoms with van der Waals surface area (Å²) < 4.78 is 0. The Labute approximate surface area is 123 Å². The van der Waals surface area contributed by atoms with E-state index in [0.29, 0.717) is 6.54 Å². The molecule has 0 aromatic carbocycles. The first-order valence-corrected chi connectivity index (χ1v) is 7.80. The van der Waals surface area contributed by atoms with Crippen LogP contribution in [-0.4, -0.2) is 47.7 Å². The van der Waals surface area contributed by atoms with Crippen LogP contribution in [-0.2, 0) is 4.79 Å². The molecule has 1 aliphatic rings. The molecular formula is C16H32N2O2. The maximum atomic E-state index is 12.2. The number of hydrogen-bond donors (Lipinski definition) is 2. The summed E-state index contributed by atoms with van der Waals surface area (Å²) in [6, 6.07) is 0.283. The van der Waals surface area contributed by atoms with Crippen LogP contribution in [0.15, 0.2) is 0 Å². The molecule has 3 atom stereocenters. The van der Waals surface area contributed by atoms with Crippen molar-refractivity contribution < 1.29 is 9.90 Å². The van der Waals surface area contributed by atoms with Crippen molar-refractivity contribution >= 4 is 5.91 Å². The molecule has 20 heavy (non-hydrogen) atoms. The van der Waals surface area contributed by atoms with E-state index in [1.165, 1.54) is 0 Å². The van der Waals surface area contributed by atoms with Crippen LogP contribution in [0.5, 0.6) is 0 Å². The number of aliphatic hydroxyl groups excluding tert-OH is 1. The predicted molar refractivity (Wildman–Crippen MR) is 82.5 cm³/mol. The number of hydrogen-bond acceptors (Lipinski definition) is 3. The van der Waals surface area contributed by atoms with Crippen molar-refractivity contribution in [1.29, 1.82) is 0 Å². The Bertz CT molecular complexity index is 321. The van der Waals surface area contributed by atoms with Crippen LogP contribution in [0, 0.1) is 17.3 Å². The second-order valence-electron chi connectivity index (χ2n) is 7.77. The number of piperidine rings is 1. The van der Waals surface area contributed by atoms with Gasteiger partial charge in [0.25, 0.3) is 0 Å². The molecule has 1 rings (SSSR count). The van der Waals surface area contributed by atoms with Gasteiger partial charge in [-0.15, -0.1) is 0 Å². The molecule has 0 spiro atoms. The van der Waals surface area contributed by atoms with E-state index in [1.54, 1.807) is 0 Å². The lowest BCUT2D eigenvalue weighted by molar-refractivity contribution is -0.137. The smallest absolute Gasteiger partial charge is 0.225 e. The van der Waals surface area contributed by atoms with Crippen LogP contribution in [0.2, 0.25) is 0 Å². The Morgan fingerprint density at radius 3 is 2.35 bits per heavy atom. The SMILES string of the molecule is CC(C)C(=O)N1CC(NCC(C)(C)C)CC(C(C)O)C1. The highest BCUT2D eigenvalue weighted by molar-refractivity contribution is 5.78. The number of carbonyl (C=O) groups excluding carboxylic acids is 1. The maximum absolute atomic E-state index is 12.2. The number of amides is 1. The third kappa shape index (κ3) is 5.41. The number of rotatable bonds is 4. The zero-order chi connectivity index (χ0) is 15.5. The second kappa shape index (κ2) is 6.90. The van der Waals surface area contributed by atoms with Gasteiger partial charge in [-0.1, -0.05) is 34.6 Å². The van der Waals surface area contributed by atoms with Gasteiger partial charge in [-0.05, 0) is 18.8 Å². The van der Waals surface area contributed by atoms with E-state index in [0.717, 1.165) is 19.5 Å². The summed E-state index contributed by atoms with van der Waals surface area (Å²) in [5, 5.41) is 13.5. The van der Waals surface area contributed by atoms with Crippen molar-refractivity contribution in [3.8, 4) is 0 Å². The van der Waals surface area contributed by atoms with Gasteiger partial charge in [-0.2, -0.15) is 0 Å². The molecule has 1 aliphatic heterocycles. The number of nitrogens with one attached hydrogen (secondary N) is 1. The summed E-state index contributed by atoms with van der Waals surface area (Å²) in [5.41, 5.74) is 0.227. The van der Waals surface area contributed by atoms with Crippen molar-refractivity contribution in [2.24, 2.45) is 17.3 Å². The molecule has 0 bridgehead atoms. The standard InChI is InChI=1S/C16H32N2O2/c1-11(2)15(20)18-8-13(12(3)19)7-14(9-18)17-10-16(4,5)6/h11-14,17,19H,7-10H2,1-6H3. The monoisotopic (exact) mass is 284 g/mol. The van der Waals surface area contributed by atoms with Crippen molar-refractivity contribution in [1.82, 2.24) is 10.2 Å². The predicted octanol–water partition coefficient (Wildman–Crippen LogP) is 1.88. The minimum atomic E-state index is -0.364. The molecule has 4 heteroatoms. The summed E-state index contributed by atoms with van der Waals surface area (Å²) >= 11 is 0. The van der Waals surface area contributed by atoms with E-state index < -0.39 is 0 Å². The number of carbonyl (C=O) groups is 1. The molecular weight excluding hydrogens is 252 g/mol. The quantitative estimate of drug-likeness (QED) is 0.829. The largest absolute Gasteiger partial charge is 0.393 e. The molecule has 3 unspecified atom stereocenters. The maximum Gasteiger partial charge on any atom is 0.225 e. The van der Waals surface area contributed by atoms with Crippen molar-refractivity contribution in [2.45, 2.75) is 60.1 Å². The second-order valence-corrected chi connectivity index (χ2v) is 7.77. The van der Waals surface area contributed by atoms with Crippen LogP contribution in [0.1, 0.15) is 48.0 Å². The molecule has 0 aromatic heterocycles. The Morgan fingerprint density at radius 1 is 1.30 bits per heavy atom. The lowest BCUT2D eigenvalue weighted by Gasteiger charge is -2.41. The minimum Gasteiger partial charge on any atom is -0.393 e. The van der Waals surface area contributed by atoms with Gasteiger partial charge in [0.1, 0.15) is 0 Å². The summed E-state index contributed by atoms with van der Waals surface area (Å²) in [4.78, 5) is 14.2. The van der Waals surface area contributed by atoms with Crippen LogP contribution in [0.3, 0.4) is 0 Å². The van der Waals surface area contributed by atoms with E-state index in [1.807, 2.05) is 25.7 Å². The van der Waals surface area contributed by atoms with Crippen LogP contribution >= 0.6 is 0 Å². The van der Waals surface area contributed by atoms with Crippen LogP contribution < -0.4 is 5.32 Å². The lowest BCUT2D eigenvalue weighted by atomic mass is 9.88. The molecule has 0 radical (unpaired) electrons. The summed E-state index contributed by atoms with van der Waals surface area (Å²) in [7, 11) is 0. The van der Waals surface area contributed by atoms with Gasteiger partial charge in [0.15, 0.2) is 0 Å². The van der Waals surface area contributed by atoms with Crippen LogP contribution in [0.4, 0.5) is 0 Å². The van der Waals surface area contributed by atoms with Crippen molar-refractivity contribution in [3.63, 3.8) is 0 Å². The average Bonchev–Trinajstić information content (AvgIpc) is 2.34. The van der Waals surface area contributed by atoms with Gasteiger partial charge in [0.2, 0.25) is 5.91 Å². The Hall–Kier alpha value is -0.610. The summed E-state index contributed by atoms with van der Waals surface area (Å²) in [5.74, 6) is 0.382. The topological polar surface area (TPSA) is 52.6 Å². The fraction of sp³-hybridized carbons (Fsp3) is 0.938. The van der Waals surface area contributed by atoms with E-state index in [4.69, 9.17) is 0 Å². The Kier molecular flexibility index (Phi) is 6.02. The fourth-order valence-corrected chi connectivity index (χ4v) is 2.63. The number of aliphatic hydroxyl groups is 1. The third-order valence-electron chi connectivity index (χ3n) is 3.89. The van der Waals surface area contributed by atoms with E-state index in [-0.39, 0.29) is 35.3 Å². The highest BCUT2D eigenvalue weighted by Gasteiger charge is 2.33. The van der Waals surface area contributed by atoms with Gasteiger partial charge in [0, 0.05) is 37.5 Å². The first-order chi connectivity index (χ1) is 9.10. The first-order valence-electron chi connectivity index (χ1n) is 7.80. The van der Waals surface area contributed by atoms with E-state index >= 15 is 0 Å². The van der Waals surface area contributed by atoms with E-state index in [9.17, 15) is 9.90 Å². The number of nitrogens with zero attached hydrogens (tertiary/aromatic N) is 1. The first kappa shape index (κ1) is 17.4. The normalized spacial score (nSPS) is 25.9. The summed E-state index contributed by atoms with van der Waals surface area (Å²) in [6.45, 7) is 14.7. The lowest BCUT2D eigenvalue weighted by Crippen LogP contribution is -2.55. The molecule has 118 valence electrons. The highest BCUT2D eigenvalue weighted by Crippen LogP contribution is 2.22. The minimum absolute atomic E-state index is 0.0195. The molecule has 1 fully saturated rings. The average molecular weight is 284 g/mol. The van der Waals surface area contributed by atoms with E-state index in [2.05, 4.69) is 26.1 Å².